The summed E-state index contributed by atoms with van der Waals surface area (Å²) in [4.78, 5) is 2.65. The molecule has 2 aliphatic carbocycles. The van der Waals surface area contributed by atoms with E-state index in [4.69, 9.17) is 0 Å². The smallest absolute Gasteiger partial charge is 0.0271 e. The molecule has 1 heterocycles. The molecule has 0 bridgehead atoms. The minimum Gasteiger partial charge on any atom is -0.294 e. The Balaban J connectivity index is 1.56. The van der Waals surface area contributed by atoms with Crippen LogP contribution < -0.4 is 0 Å². The monoisotopic (exact) mass is 109 g/mol. The van der Waals surface area contributed by atoms with Gasteiger partial charge in [-0.3, -0.25) is 4.90 Å². The first kappa shape index (κ1) is 3.89. The molecule has 44 valence electrons. The van der Waals surface area contributed by atoms with Crippen LogP contribution in [0.15, 0.2) is 0 Å². The van der Waals surface area contributed by atoms with Crippen LogP contribution in [0.5, 0.6) is 0 Å². The Bertz CT molecular complexity index is 120. The number of hydrogen-bond donors (Lipinski definition) is 0. The highest BCUT2D eigenvalue weighted by Gasteiger charge is 2.62. The third kappa shape index (κ3) is 0.408. The fourth-order valence-electron chi connectivity index (χ4n) is 1.56. The second kappa shape index (κ2) is 0.971. The summed E-state index contributed by atoms with van der Waals surface area (Å²) in [5.41, 5.74) is 0. The normalized spacial score (nSPS) is 57.8. The van der Waals surface area contributed by atoms with Crippen molar-refractivity contribution in [3.05, 3.63) is 0 Å². The van der Waals surface area contributed by atoms with E-state index in [1.165, 1.54) is 25.8 Å². The maximum atomic E-state index is 2.65. The molecule has 0 spiro atoms. The highest BCUT2D eigenvalue weighted by molar-refractivity contribution is 5.19. The first-order valence-electron chi connectivity index (χ1n) is 3.71. The van der Waals surface area contributed by atoms with Crippen LogP contribution in [-0.2, 0) is 0 Å². The first-order valence-corrected chi connectivity index (χ1v) is 3.71. The van der Waals surface area contributed by atoms with E-state index in [-0.39, 0.29) is 0 Å². The zero-order chi connectivity index (χ0) is 5.14. The fraction of sp³-hybridized carbons (Fsp3) is 1.00. The van der Waals surface area contributed by atoms with Gasteiger partial charge in [-0.2, -0.15) is 0 Å². The van der Waals surface area contributed by atoms with Crippen LogP contribution in [0.25, 0.3) is 0 Å². The van der Waals surface area contributed by atoms with Gasteiger partial charge in [0.2, 0.25) is 0 Å². The summed E-state index contributed by atoms with van der Waals surface area (Å²) in [6.07, 6.45) is 4.58. The number of rotatable bonds is 2. The van der Waals surface area contributed by atoms with Crippen molar-refractivity contribution in [2.45, 2.75) is 31.3 Å². The van der Waals surface area contributed by atoms with Crippen molar-refractivity contribution in [2.75, 3.05) is 6.54 Å². The number of fused-ring (bicyclic) bond motifs is 1. The lowest BCUT2D eigenvalue weighted by Crippen LogP contribution is -2.11. The van der Waals surface area contributed by atoms with Gasteiger partial charge in [-0.1, -0.05) is 0 Å². The number of likely N-dealkylation sites (tertiary alicyclic amines) is 1. The molecule has 3 aliphatic rings. The Hall–Kier alpha value is -0.0400. The third-order valence-electron chi connectivity index (χ3n) is 2.65. The Morgan fingerprint density at radius 1 is 1.25 bits per heavy atom. The minimum atomic E-state index is 1.09. The molecule has 0 radical (unpaired) electrons. The SMILES string of the molecule is C1CC1CN1C2CC21. The van der Waals surface area contributed by atoms with Gasteiger partial charge in [0.25, 0.3) is 0 Å². The summed E-state index contributed by atoms with van der Waals surface area (Å²) in [6, 6.07) is 2.19. The summed E-state index contributed by atoms with van der Waals surface area (Å²) in [7, 11) is 0. The van der Waals surface area contributed by atoms with Gasteiger partial charge in [-0.05, 0) is 25.2 Å². The van der Waals surface area contributed by atoms with Crippen molar-refractivity contribution in [3.63, 3.8) is 0 Å². The van der Waals surface area contributed by atoms with Crippen LogP contribution in [-0.4, -0.2) is 23.5 Å². The quantitative estimate of drug-likeness (QED) is 0.475. The van der Waals surface area contributed by atoms with Crippen molar-refractivity contribution in [1.29, 1.82) is 0 Å². The molecule has 0 aromatic heterocycles. The van der Waals surface area contributed by atoms with E-state index in [0.717, 1.165) is 18.0 Å². The van der Waals surface area contributed by atoms with Gasteiger partial charge in [0.1, 0.15) is 0 Å². The maximum absolute atomic E-state index is 2.65. The van der Waals surface area contributed by atoms with Crippen LogP contribution in [0.1, 0.15) is 19.3 Å². The molecule has 2 unspecified atom stereocenters. The second-order valence-electron chi connectivity index (χ2n) is 3.51. The molecule has 8 heavy (non-hydrogen) atoms. The first-order chi connectivity index (χ1) is 3.95. The van der Waals surface area contributed by atoms with Crippen LogP contribution in [0.2, 0.25) is 0 Å². The van der Waals surface area contributed by atoms with E-state index < -0.39 is 0 Å². The Morgan fingerprint density at radius 2 is 2.00 bits per heavy atom. The predicted molar refractivity (Wildman–Crippen MR) is 31.6 cm³/mol. The van der Waals surface area contributed by atoms with Gasteiger partial charge in [0, 0.05) is 18.6 Å². The molecule has 3 fully saturated rings. The van der Waals surface area contributed by atoms with Gasteiger partial charge in [0.05, 0.1) is 0 Å². The van der Waals surface area contributed by atoms with E-state index in [1.807, 2.05) is 0 Å². The van der Waals surface area contributed by atoms with E-state index in [2.05, 4.69) is 4.90 Å². The zero-order valence-electron chi connectivity index (χ0n) is 5.01. The lowest BCUT2D eigenvalue weighted by molar-refractivity contribution is 0.394. The van der Waals surface area contributed by atoms with Gasteiger partial charge < -0.3 is 0 Å². The predicted octanol–water partition coefficient (Wildman–Crippen LogP) is 0.853. The fourth-order valence-corrected chi connectivity index (χ4v) is 1.56. The van der Waals surface area contributed by atoms with Crippen molar-refractivity contribution >= 4 is 0 Å². The summed E-state index contributed by atoms with van der Waals surface area (Å²) < 4.78 is 0. The van der Waals surface area contributed by atoms with Crippen LogP contribution in [0, 0.1) is 5.92 Å². The number of nitrogens with zero attached hydrogens (tertiary/aromatic N) is 1. The standard InChI is InChI=1S/C7H11N/c1-2-5(1)4-8-6-3-7(6)8/h5-7H,1-4H2. The maximum Gasteiger partial charge on any atom is 0.0271 e. The molecular formula is C7H11N. The molecule has 1 heteroatoms. The molecule has 2 atom stereocenters. The second-order valence-corrected chi connectivity index (χ2v) is 3.51. The Labute approximate surface area is 49.7 Å². The van der Waals surface area contributed by atoms with E-state index >= 15 is 0 Å². The van der Waals surface area contributed by atoms with Crippen molar-refractivity contribution < 1.29 is 0 Å². The molecule has 0 aromatic rings. The highest BCUT2D eigenvalue weighted by Crippen LogP contribution is 2.52. The summed E-state index contributed by atoms with van der Waals surface area (Å²) in [5, 5.41) is 0. The molecule has 2 saturated carbocycles. The minimum absolute atomic E-state index is 1.09. The molecule has 3 rings (SSSR count). The van der Waals surface area contributed by atoms with E-state index in [1.54, 1.807) is 0 Å². The van der Waals surface area contributed by atoms with Crippen LogP contribution >= 0.6 is 0 Å². The van der Waals surface area contributed by atoms with Gasteiger partial charge in [-0.15, -0.1) is 0 Å². The van der Waals surface area contributed by atoms with Gasteiger partial charge in [0.15, 0.2) is 0 Å². The summed E-state index contributed by atoms with van der Waals surface area (Å²) >= 11 is 0. The molecule has 0 N–H and O–H groups in total. The Kier molecular flexibility index (Phi) is 0.472. The Morgan fingerprint density at radius 3 is 2.38 bits per heavy atom. The molecular weight excluding hydrogens is 98.1 g/mol. The molecule has 1 aliphatic heterocycles. The summed E-state index contributed by atoms with van der Waals surface area (Å²) in [6.45, 7) is 1.45. The molecule has 1 saturated heterocycles. The van der Waals surface area contributed by atoms with E-state index in [0.29, 0.717) is 0 Å². The van der Waals surface area contributed by atoms with Crippen molar-refractivity contribution in [3.8, 4) is 0 Å². The zero-order valence-corrected chi connectivity index (χ0v) is 5.01. The molecule has 0 aromatic carbocycles. The van der Waals surface area contributed by atoms with Crippen LogP contribution in [0.4, 0.5) is 0 Å². The average molecular weight is 109 g/mol. The van der Waals surface area contributed by atoms with Gasteiger partial charge in [-0.25, -0.2) is 0 Å². The van der Waals surface area contributed by atoms with Crippen molar-refractivity contribution in [2.24, 2.45) is 5.92 Å². The average Bonchev–Trinajstić information content (AvgIpc) is 2.53. The highest BCUT2D eigenvalue weighted by atomic mass is 15.4. The lowest BCUT2D eigenvalue weighted by Gasteiger charge is -2.03. The third-order valence-corrected chi connectivity index (χ3v) is 2.65. The molecule has 0 amide bonds. The lowest BCUT2D eigenvalue weighted by atomic mass is 10.4. The van der Waals surface area contributed by atoms with Crippen LogP contribution in [0.3, 0.4) is 0 Å². The van der Waals surface area contributed by atoms with E-state index in [9.17, 15) is 0 Å². The summed E-state index contributed by atoms with van der Waals surface area (Å²) in [5.74, 6) is 1.13. The number of hydrogen-bond acceptors (Lipinski definition) is 1. The van der Waals surface area contributed by atoms with Gasteiger partial charge >= 0.3 is 0 Å². The molecule has 1 nitrogen and oxygen atoms in total. The largest absolute Gasteiger partial charge is 0.294 e. The topological polar surface area (TPSA) is 3.01 Å². The van der Waals surface area contributed by atoms with Crippen molar-refractivity contribution in [1.82, 2.24) is 4.90 Å².